The van der Waals surface area contributed by atoms with Crippen LogP contribution in [-0.2, 0) is 20.9 Å². The van der Waals surface area contributed by atoms with Gasteiger partial charge in [0.1, 0.15) is 18.2 Å². The highest BCUT2D eigenvalue weighted by molar-refractivity contribution is 9.10. The number of nitrogens with zero attached hydrogens (tertiary/aromatic N) is 3. The molecule has 7 nitrogen and oxygen atoms in total. The first kappa shape index (κ1) is 21.8. The van der Waals surface area contributed by atoms with Crippen molar-refractivity contribution in [3.63, 3.8) is 0 Å². The molecular weight excluding hydrogens is 472 g/mol. The molecule has 1 saturated heterocycles. The van der Waals surface area contributed by atoms with Crippen molar-refractivity contribution in [2.45, 2.75) is 6.54 Å². The van der Waals surface area contributed by atoms with Crippen LogP contribution >= 0.6 is 15.9 Å². The Hall–Kier alpha value is -3.41. The highest BCUT2D eigenvalue weighted by atomic mass is 79.9. The van der Waals surface area contributed by atoms with E-state index in [0.29, 0.717) is 37.6 Å². The molecule has 0 bridgehead atoms. The highest BCUT2D eigenvalue weighted by Gasteiger charge is 2.19. The van der Waals surface area contributed by atoms with Crippen molar-refractivity contribution in [1.82, 2.24) is 9.47 Å². The fourth-order valence-corrected chi connectivity index (χ4v) is 4.05. The van der Waals surface area contributed by atoms with Gasteiger partial charge in [-0.15, -0.1) is 0 Å². The first-order valence-corrected chi connectivity index (χ1v) is 11.0. The number of hydrogen-bond donors (Lipinski definition) is 1. The molecule has 1 aromatic heterocycles. The average molecular weight is 493 g/mol. The topological polar surface area (TPSA) is 87.4 Å². The minimum atomic E-state index is -0.494. The molecule has 8 heteroatoms. The third kappa shape index (κ3) is 4.90. The number of carbonyl (C=O) groups is 2. The Morgan fingerprint density at radius 2 is 1.94 bits per heavy atom. The molecule has 0 spiro atoms. The molecule has 3 aromatic rings. The maximum Gasteiger partial charge on any atom is 0.266 e. The van der Waals surface area contributed by atoms with E-state index in [-0.39, 0.29) is 18.0 Å². The Morgan fingerprint density at radius 1 is 1.16 bits per heavy atom. The smallest absolute Gasteiger partial charge is 0.266 e. The number of fused-ring (bicyclic) bond motifs is 1. The van der Waals surface area contributed by atoms with E-state index in [1.807, 2.05) is 47.2 Å². The molecule has 1 aliphatic heterocycles. The van der Waals surface area contributed by atoms with Gasteiger partial charge in [0.15, 0.2) is 0 Å². The fraction of sp³-hybridized carbons (Fsp3) is 0.208. The SMILES string of the molecule is N#C/C(=C\c1cn(CC(=O)N2CCOCC2)c2ccccc12)C(=O)Nc1cccc(Br)c1. The number of benzene rings is 2. The van der Waals surface area contributed by atoms with E-state index in [4.69, 9.17) is 4.74 Å². The van der Waals surface area contributed by atoms with E-state index in [2.05, 4.69) is 21.2 Å². The second-order valence-electron chi connectivity index (χ2n) is 7.36. The maximum absolute atomic E-state index is 12.8. The number of para-hydroxylation sites is 1. The molecule has 1 fully saturated rings. The van der Waals surface area contributed by atoms with Crippen LogP contribution < -0.4 is 5.32 Å². The summed E-state index contributed by atoms with van der Waals surface area (Å²) in [5.74, 6) is -0.482. The number of carbonyl (C=O) groups excluding carboxylic acids is 2. The van der Waals surface area contributed by atoms with Crippen LogP contribution in [0, 0.1) is 11.3 Å². The third-order valence-corrected chi connectivity index (χ3v) is 5.73. The number of morpholine rings is 1. The van der Waals surface area contributed by atoms with E-state index < -0.39 is 5.91 Å². The van der Waals surface area contributed by atoms with E-state index in [9.17, 15) is 14.9 Å². The molecule has 2 heterocycles. The van der Waals surface area contributed by atoms with Crippen molar-refractivity contribution in [3.05, 3.63) is 70.3 Å². The molecule has 2 aromatic carbocycles. The normalized spacial score (nSPS) is 14.2. The molecular formula is C24H21BrN4O3. The van der Waals surface area contributed by atoms with Crippen LogP contribution in [-0.4, -0.2) is 47.6 Å². The monoisotopic (exact) mass is 492 g/mol. The van der Waals surface area contributed by atoms with Crippen molar-refractivity contribution in [3.8, 4) is 6.07 Å². The summed E-state index contributed by atoms with van der Waals surface area (Å²) in [5.41, 5.74) is 2.14. The van der Waals surface area contributed by atoms with Gasteiger partial charge < -0.3 is 19.5 Å². The predicted molar refractivity (Wildman–Crippen MR) is 126 cm³/mol. The number of aromatic nitrogens is 1. The van der Waals surface area contributed by atoms with E-state index in [0.717, 1.165) is 15.4 Å². The number of rotatable bonds is 5. The lowest BCUT2D eigenvalue weighted by atomic mass is 10.1. The van der Waals surface area contributed by atoms with Gasteiger partial charge in [0.2, 0.25) is 5.91 Å². The zero-order valence-electron chi connectivity index (χ0n) is 17.3. The number of nitriles is 1. The van der Waals surface area contributed by atoms with Gasteiger partial charge in [-0.2, -0.15) is 5.26 Å². The second kappa shape index (κ2) is 9.81. The average Bonchev–Trinajstić information content (AvgIpc) is 3.15. The van der Waals surface area contributed by atoms with Gasteiger partial charge in [0, 0.05) is 45.9 Å². The van der Waals surface area contributed by atoms with Gasteiger partial charge in [-0.25, -0.2) is 0 Å². The molecule has 0 saturated carbocycles. The third-order valence-electron chi connectivity index (χ3n) is 5.24. The van der Waals surface area contributed by atoms with Crippen molar-refractivity contribution >= 4 is 50.4 Å². The highest BCUT2D eigenvalue weighted by Crippen LogP contribution is 2.24. The number of anilines is 1. The molecule has 0 unspecified atom stereocenters. The summed E-state index contributed by atoms with van der Waals surface area (Å²) in [5, 5.41) is 13.2. The summed E-state index contributed by atoms with van der Waals surface area (Å²) in [4.78, 5) is 27.2. The molecule has 0 aliphatic carbocycles. The number of hydrogen-bond acceptors (Lipinski definition) is 4. The molecule has 2 amide bonds. The Balaban J connectivity index is 1.61. The van der Waals surface area contributed by atoms with Crippen LogP contribution in [0.5, 0.6) is 0 Å². The molecule has 162 valence electrons. The minimum Gasteiger partial charge on any atom is -0.378 e. The summed E-state index contributed by atoms with van der Waals surface area (Å²) in [6, 6.07) is 16.8. The number of amides is 2. The zero-order chi connectivity index (χ0) is 22.5. The van der Waals surface area contributed by atoms with Crippen LogP contribution in [0.1, 0.15) is 5.56 Å². The van der Waals surface area contributed by atoms with Gasteiger partial charge in [-0.1, -0.05) is 40.2 Å². The van der Waals surface area contributed by atoms with Crippen LogP contribution in [0.3, 0.4) is 0 Å². The van der Waals surface area contributed by atoms with Crippen LogP contribution in [0.2, 0.25) is 0 Å². The number of ether oxygens (including phenoxy) is 1. The molecule has 32 heavy (non-hydrogen) atoms. The van der Waals surface area contributed by atoms with Gasteiger partial charge in [0.05, 0.1) is 13.2 Å². The lowest BCUT2D eigenvalue weighted by Gasteiger charge is -2.27. The lowest BCUT2D eigenvalue weighted by Crippen LogP contribution is -2.42. The standard InChI is InChI=1S/C24H21BrN4O3/c25-19-4-3-5-20(13-19)27-24(31)17(14-26)12-18-15-29(22-7-2-1-6-21(18)22)16-23(30)28-8-10-32-11-9-28/h1-7,12-13,15H,8-11,16H2,(H,27,31)/b17-12+. The van der Waals surface area contributed by atoms with Gasteiger partial charge in [-0.05, 0) is 30.3 Å². The van der Waals surface area contributed by atoms with E-state index in [1.54, 1.807) is 29.2 Å². The number of halogens is 1. The quantitative estimate of drug-likeness (QED) is 0.433. The van der Waals surface area contributed by atoms with Crippen LogP contribution in [0.4, 0.5) is 5.69 Å². The van der Waals surface area contributed by atoms with Gasteiger partial charge in [0.25, 0.3) is 5.91 Å². The molecule has 0 radical (unpaired) electrons. The Bertz CT molecular complexity index is 1240. The largest absolute Gasteiger partial charge is 0.378 e. The molecule has 1 N–H and O–H groups in total. The minimum absolute atomic E-state index is 0.0116. The van der Waals surface area contributed by atoms with Crippen LogP contribution in [0.15, 0.2) is 64.8 Å². The molecule has 4 rings (SSSR count). The Labute approximate surface area is 194 Å². The second-order valence-corrected chi connectivity index (χ2v) is 8.27. The summed E-state index contributed by atoms with van der Waals surface area (Å²) in [6.07, 6.45) is 3.37. The zero-order valence-corrected chi connectivity index (χ0v) is 18.8. The summed E-state index contributed by atoms with van der Waals surface area (Å²) >= 11 is 3.37. The van der Waals surface area contributed by atoms with Crippen molar-refractivity contribution in [2.24, 2.45) is 0 Å². The first-order valence-electron chi connectivity index (χ1n) is 10.2. The fourth-order valence-electron chi connectivity index (χ4n) is 3.65. The van der Waals surface area contributed by atoms with Gasteiger partial charge >= 0.3 is 0 Å². The van der Waals surface area contributed by atoms with E-state index in [1.165, 1.54) is 0 Å². The summed E-state index contributed by atoms with van der Waals surface area (Å²) in [6.45, 7) is 2.44. The summed E-state index contributed by atoms with van der Waals surface area (Å²) in [7, 11) is 0. The van der Waals surface area contributed by atoms with Gasteiger partial charge in [-0.3, -0.25) is 9.59 Å². The molecule has 1 aliphatic rings. The maximum atomic E-state index is 12.8. The van der Waals surface area contributed by atoms with Crippen LogP contribution in [0.25, 0.3) is 17.0 Å². The predicted octanol–water partition coefficient (Wildman–Crippen LogP) is 3.81. The number of nitrogens with one attached hydrogen (secondary N) is 1. The first-order chi connectivity index (χ1) is 15.5. The molecule has 0 atom stereocenters. The van der Waals surface area contributed by atoms with E-state index >= 15 is 0 Å². The van der Waals surface area contributed by atoms with Crippen molar-refractivity contribution in [1.29, 1.82) is 5.26 Å². The Morgan fingerprint density at radius 3 is 2.69 bits per heavy atom. The Kier molecular flexibility index (Phi) is 6.69. The lowest BCUT2D eigenvalue weighted by molar-refractivity contribution is -0.135. The summed E-state index contributed by atoms with van der Waals surface area (Å²) < 4.78 is 8.01. The van der Waals surface area contributed by atoms with Crippen molar-refractivity contribution < 1.29 is 14.3 Å². The van der Waals surface area contributed by atoms with Crippen molar-refractivity contribution in [2.75, 3.05) is 31.6 Å².